The van der Waals surface area contributed by atoms with E-state index in [1.165, 1.54) is 0 Å². The van der Waals surface area contributed by atoms with Crippen molar-refractivity contribution in [3.05, 3.63) is 54.0 Å². The normalized spacial score (nSPS) is 14.6. The van der Waals surface area contributed by atoms with E-state index in [2.05, 4.69) is 9.88 Å². The molecule has 1 saturated heterocycles. The van der Waals surface area contributed by atoms with Crippen molar-refractivity contribution in [2.45, 2.75) is 13.0 Å². The molecular formula is C23H29N5O3. The zero-order chi connectivity index (χ0) is 21.6. The van der Waals surface area contributed by atoms with E-state index in [0.717, 1.165) is 55.2 Å². The van der Waals surface area contributed by atoms with Crippen LogP contribution in [0, 0.1) is 0 Å². The molecular weight excluding hydrogens is 394 g/mol. The lowest BCUT2D eigenvalue weighted by atomic mass is 10.1. The second-order valence-corrected chi connectivity index (χ2v) is 7.68. The fraction of sp³-hybridized carbons (Fsp3) is 0.435. The summed E-state index contributed by atoms with van der Waals surface area (Å²) in [6.45, 7) is 5.45. The third kappa shape index (κ3) is 4.86. The van der Waals surface area contributed by atoms with Crippen molar-refractivity contribution in [1.29, 1.82) is 0 Å². The molecule has 0 saturated carbocycles. The van der Waals surface area contributed by atoms with Crippen LogP contribution < -0.4 is 4.74 Å². The van der Waals surface area contributed by atoms with Crippen LogP contribution in [0.15, 0.2) is 42.6 Å². The van der Waals surface area contributed by atoms with Crippen LogP contribution in [0.1, 0.15) is 16.2 Å². The van der Waals surface area contributed by atoms with Gasteiger partial charge in [-0.05, 0) is 18.2 Å². The predicted octanol–water partition coefficient (Wildman–Crippen LogP) is 2.09. The van der Waals surface area contributed by atoms with Gasteiger partial charge in [-0.25, -0.2) is 0 Å². The number of amides is 1. The molecule has 1 aromatic carbocycles. The second kappa shape index (κ2) is 9.89. The smallest absolute Gasteiger partial charge is 0.274 e. The Bertz CT molecular complexity index is 1010. The maximum atomic E-state index is 13.3. The lowest BCUT2D eigenvalue weighted by Gasteiger charge is -2.26. The number of likely N-dealkylation sites (N-methyl/N-ethyl adjacent to an activating group) is 1. The maximum absolute atomic E-state index is 13.3. The van der Waals surface area contributed by atoms with Crippen LogP contribution in [0.3, 0.4) is 0 Å². The second-order valence-electron chi connectivity index (χ2n) is 7.68. The summed E-state index contributed by atoms with van der Waals surface area (Å²) in [5, 5.41) is 5.55. The highest BCUT2D eigenvalue weighted by atomic mass is 16.5. The molecule has 0 atom stereocenters. The van der Waals surface area contributed by atoms with Crippen LogP contribution in [0.2, 0.25) is 0 Å². The zero-order valence-electron chi connectivity index (χ0n) is 18.2. The minimum Gasteiger partial charge on any atom is -0.494 e. The molecule has 0 radical (unpaired) electrons. The van der Waals surface area contributed by atoms with Gasteiger partial charge in [-0.2, -0.15) is 5.10 Å². The number of methoxy groups -OCH3 is 1. The number of carbonyl (C=O) groups is 1. The molecule has 8 heteroatoms. The van der Waals surface area contributed by atoms with E-state index in [9.17, 15) is 4.79 Å². The lowest BCUT2D eigenvalue weighted by Crippen LogP contribution is -2.38. The van der Waals surface area contributed by atoms with E-state index in [1.54, 1.807) is 18.2 Å². The number of carbonyl (C=O) groups excluding carboxylic acids is 1. The van der Waals surface area contributed by atoms with E-state index in [4.69, 9.17) is 14.6 Å². The average molecular weight is 424 g/mol. The monoisotopic (exact) mass is 423 g/mol. The molecule has 164 valence electrons. The molecule has 4 rings (SSSR count). The van der Waals surface area contributed by atoms with Crippen molar-refractivity contribution < 1.29 is 14.3 Å². The van der Waals surface area contributed by atoms with Gasteiger partial charge in [-0.1, -0.05) is 18.2 Å². The predicted molar refractivity (Wildman–Crippen MR) is 118 cm³/mol. The summed E-state index contributed by atoms with van der Waals surface area (Å²) in [4.78, 5) is 21.7. The number of fused-ring (bicyclic) bond motifs is 1. The number of aromatic nitrogens is 3. The third-order valence-electron chi connectivity index (χ3n) is 5.66. The highest BCUT2D eigenvalue weighted by molar-refractivity contribution is 6.06. The van der Waals surface area contributed by atoms with Crippen molar-refractivity contribution >= 4 is 16.8 Å². The van der Waals surface area contributed by atoms with Crippen LogP contribution in [0.5, 0.6) is 5.75 Å². The topological polar surface area (TPSA) is 72.7 Å². The van der Waals surface area contributed by atoms with Crippen LogP contribution in [-0.4, -0.2) is 84.0 Å². The Morgan fingerprint density at radius 1 is 1.16 bits per heavy atom. The number of ether oxygens (including phenoxy) is 2. The molecule has 3 aromatic rings. The molecule has 8 nitrogen and oxygen atoms in total. The highest BCUT2D eigenvalue weighted by Crippen LogP contribution is 2.28. The van der Waals surface area contributed by atoms with Gasteiger partial charge in [0, 0.05) is 56.9 Å². The first-order valence-electron chi connectivity index (χ1n) is 10.7. The van der Waals surface area contributed by atoms with Crippen molar-refractivity contribution in [3.63, 3.8) is 0 Å². The Labute approximate surface area is 182 Å². The molecule has 1 aliphatic rings. The maximum Gasteiger partial charge on any atom is 0.274 e. The molecule has 2 aromatic heterocycles. The largest absolute Gasteiger partial charge is 0.494 e. The Morgan fingerprint density at radius 2 is 2.00 bits per heavy atom. The molecule has 0 N–H and O–H groups in total. The molecule has 0 bridgehead atoms. The summed E-state index contributed by atoms with van der Waals surface area (Å²) in [5.41, 5.74) is 2.28. The van der Waals surface area contributed by atoms with Crippen molar-refractivity contribution in [3.8, 4) is 5.75 Å². The minimum atomic E-state index is -0.0979. The molecule has 31 heavy (non-hydrogen) atoms. The summed E-state index contributed by atoms with van der Waals surface area (Å²) >= 11 is 0. The fourth-order valence-corrected chi connectivity index (χ4v) is 3.86. The number of hydrogen-bond acceptors (Lipinski definition) is 6. The van der Waals surface area contributed by atoms with E-state index in [0.29, 0.717) is 25.2 Å². The standard InChI is InChI=1S/C23H29N5O3/c1-26(11-9-18-6-3-4-10-24-18)23(29)21-19-7-5-8-20(30-2)22(19)28(25-21)13-12-27-14-16-31-17-15-27/h3-8,10H,9,11-17H2,1-2H3. The van der Waals surface area contributed by atoms with Gasteiger partial charge >= 0.3 is 0 Å². The summed E-state index contributed by atoms with van der Waals surface area (Å²) in [7, 11) is 3.46. The van der Waals surface area contributed by atoms with Gasteiger partial charge < -0.3 is 14.4 Å². The van der Waals surface area contributed by atoms with Crippen molar-refractivity contribution in [2.24, 2.45) is 0 Å². The summed E-state index contributed by atoms with van der Waals surface area (Å²) < 4.78 is 12.9. The number of para-hydroxylation sites is 1. The van der Waals surface area contributed by atoms with E-state index in [1.807, 2.05) is 48.1 Å². The Hall–Kier alpha value is -2.97. The number of benzene rings is 1. The quantitative estimate of drug-likeness (QED) is 0.552. The van der Waals surface area contributed by atoms with Gasteiger partial charge in [0.2, 0.25) is 0 Å². The Morgan fingerprint density at radius 3 is 2.74 bits per heavy atom. The first-order chi connectivity index (χ1) is 15.2. The SMILES string of the molecule is COc1cccc2c(C(=O)N(C)CCc3ccccn3)nn(CCN3CCOCC3)c12. The molecule has 1 aliphatic heterocycles. The first-order valence-corrected chi connectivity index (χ1v) is 10.7. The van der Waals surface area contributed by atoms with Crippen molar-refractivity contribution in [2.75, 3.05) is 53.6 Å². The van der Waals surface area contributed by atoms with E-state index >= 15 is 0 Å². The molecule has 0 unspecified atom stereocenters. The molecule has 3 heterocycles. The zero-order valence-corrected chi connectivity index (χ0v) is 18.2. The highest BCUT2D eigenvalue weighted by Gasteiger charge is 2.23. The summed E-state index contributed by atoms with van der Waals surface area (Å²) in [5.74, 6) is 0.626. The van der Waals surface area contributed by atoms with Crippen molar-refractivity contribution in [1.82, 2.24) is 24.6 Å². The van der Waals surface area contributed by atoms with E-state index < -0.39 is 0 Å². The van der Waals surface area contributed by atoms with Gasteiger partial charge in [-0.15, -0.1) is 0 Å². The van der Waals surface area contributed by atoms with Gasteiger partial charge in [-0.3, -0.25) is 19.4 Å². The van der Waals surface area contributed by atoms with Gasteiger partial charge in [0.05, 0.1) is 26.9 Å². The fourth-order valence-electron chi connectivity index (χ4n) is 3.86. The summed E-state index contributed by atoms with van der Waals surface area (Å²) in [6, 6.07) is 11.6. The number of rotatable bonds is 8. The minimum absolute atomic E-state index is 0.0979. The third-order valence-corrected chi connectivity index (χ3v) is 5.66. The van der Waals surface area contributed by atoms with Crippen LogP contribution in [0.4, 0.5) is 0 Å². The van der Waals surface area contributed by atoms with Gasteiger partial charge in [0.15, 0.2) is 5.69 Å². The Balaban J connectivity index is 1.55. The number of hydrogen-bond donors (Lipinski definition) is 0. The number of pyridine rings is 1. The molecule has 1 amide bonds. The van der Waals surface area contributed by atoms with Gasteiger partial charge in [0.1, 0.15) is 11.3 Å². The number of nitrogens with zero attached hydrogens (tertiary/aromatic N) is 5. The lowest BCUT2D eigenvalue weighted by molar-refractivity contribution is 0.0361. The van der Waals surface area contributed by atoms with Crippen LogP contribution in [0.25, 0.3) is 10.9 Å². The summed E-state index contributed by atoms with van der Waals surface area (Å²) in [6.07, 6.45) is 2.47. The average Bonchev–Trinajstić information content (AvgIpc) is 3.21. The van der Waals surface area contributed by atoms with Gasteiger partial charge in [0.25, 0.3) is 5.91 Å². The first kappa shape index (κ1) is 21.3. The number of morpholine rings is 1. The van der Waals surface area contributed by atoms with Crippen LogP contribution >= 0.6 is 0 Å². The van der Waals surface area contributed by atoms with Crippen LogP contribution in [-0.2, 0) is 17.7 Å². The molecule has 1 fully saturated rings. The molecule has 0 aliphatic carbocycles. The molecule has 0 spiro atoms. The van der Waals surface area contributed by atoms with E-state index in [-0.39, 0.29) is 5.91 Å². The Kier molecular flexibility index (Phi) is 6.79.